The highest BCUT2D eigenvalue weighted by Crippen LogP contribution is 2.40. The third-order valence-corrected chi connectivity index (χ3v) is 6.50. The molecular formula is C21H15ClF2N2O4S2. The van der Waals surface area contributed by atoms with Gasteiger partial charge in [0.2, 0.25) is 5.75 Å². The number of H-pyrrole nitrogens is 1. The van der Waals surface area contributed by atoms with Gasteiger partial charge in [-0.2, -0.15) is 8.78 Å². The quantitative estimate of drug-likeness (QED) is 0.336. The van der Waals surface area contributed by atoms with E-state index >= 15 is 0 Å². The normalized spacial score (nSPS) is 11.9. The van der Waals surface area contributed by atoms with E-state index in [9.17, 15) is 13.6 Å². The number of hydrogen-bond acceptors (Lipinski definition) is 7. The zero-order valence-electron chi connectivity index (χ0n) is 16.6. The fourth-order valence-corrected chi connectivity index (χ4v) is 5.06. The lowest BCUT2D eigenvalue weighted by Gasteiger charge is -2.14. The number of fused-ring (bicyclic) bond motifs is 1. The van der Waals surface area contributed by atoms with Gasteiger partial charge >= 0.3 is 6.61 Å². The van der Waals surface area contributed by atoms with Crippen LogP contribution in [-0.2, 0) is 0 Å². The molecule has 3 heterocycles. The minimum absolute atomic E-state index is 0.0381. The number of benzene rings is 1. The van der Waals surface area contributed by atoms with E-state index in [1.165, 1.54) is 55.1 Å². The highest BCUT2D eigenvalue weighted by Gasteiger charge is 2.19. The molecule has 166 valence electrons. The number of halogens is 3. The molecule has 0 aliphatic heterocycles. The molecule has 0 saturated carbocycles. The molecule has 0 aliphatic carbocycles. The fraction of sp³-hybridized carbons (Fsp3) is 0.143. The van der Waals surface area contributed by atoms with Crippen molar-refractivity contribution in [3.8, 4) is 27.7 Å². The van der Waals surface area contributed by atoms with E-state index < -0.39 is 6.61 Å². The van der Waals surface area contributed by atoms with Crippen molar-refractivity contribution in [2.75, 3.05) is 14.2 Å². The van der Waals surface area contributed by atoms with Crippen LogP contribution in [0.1, 0.15) is 11.4 Å². The summed E-state index contributed by atoms with van der Waals surface area (Å²) >= 11 is 9.32. The smallest absolute Gasteiger partial charge is 0.387 e. The van der Waals surface area contributed by atoms with Gasteiger partial charge in [-0.1, -0.05) is 17.7 Å². The monoisotopic (exact) mass is 496 g/mol. The van der Waals surface area contributed by atoms with E-state index in [1.54, 1.807) is 0 Å². The molecule has 4 rings (SSSR count). The number of methoxy groups -OCH3 is 2. The summed E-state index contributed by atoms with van der Waals surface area (Å²) in [6.07, 6.45) is 1.51. The van der Waals surface area contributed by atoms with E-state index in [1.807, 2.05) is 22.9 Å². The third-order valence-electron chi connectivity index (χ3n) is 4.44. The minimum Gasteiger partial charge on any atom is -0.493 e. The van der Waals surface area contributed by atoms with Gasteiger partial charge in [-0.05, 0) is 35.2 Å². The van der Waals surface area contributed by atoms with Crippen molar-refractivity contribution >= 4 is 55.6 Å². The molecule has 0 radical (unpaired) electrons. The average Bonchev–Trinajstić information content (AvgIpc) is 3.43. The number of aromatic nitrogens is 2. The summed E-state index contributed by atoms with van der Waals surface area (Å²) in [6.45, 7) is -3.05. The van der Waals surface area contributed by atoms with Gasteiger partial charge < -0.3 is 19.2 Å². The van der Waals surface area contributed by atoms with Gasteiger partial charge in [0.15, 0.2) is 17.3 Å². The standard InChI is InChI=1S/C21H15ClF2N2O4S2/c1-28-13-7-10(8-14(29-2)17(13)30-21(23)24)6-12(22)18-25-19(27)16-11(9-32-20(16)26-18)15-4-3-5-31-15/h3-9,21H,1-2H3,(H,25,26,27)/b12-6-. The Hall–Kier alpha value is -2.95. The van der Waals surface area contributed by atoms with Crippen LogP contribution >= 0.6 is 34.3 Å². The Morgan fingerprint density at radius 1 is 1.22 bits per heavy atom. The van der Waals surface area contributed by atoms with Crippen molar-refractivity contribution in [1.82, 2.24) is 9.97 Å². The van der Waals surface area contributed by atoms with E-state index in [2.05, 4.69) is 14.7 Å². The molecule has 6 nitrogen and oxygen atoms in total. The number of hydrogen-bond donors (Lipinski definition) is 1. The van der Waals surface area contributed by atoms with E-state index in [4.69, 9.17) is 21.1 Å². The molecule has 0 unspecified atom stereocenters. The molecule has 3 aromatic heterocycles. The predicted molar refractivity (Wildman–Crippen MR) is 123 cm³/mol. The second kappa shape index (κ2) is 9.27. The van der Waals surface area contributed by atoms with Crippen LogP contribution in [0.2, 0.25) is 0 Å². The largest absolute Gasteiger partial charge is 0.493 e. The first-order valence-electron chi connectivity index (χ1n) is 9.05. The van der Waals surface area contributed by atoms with Gasteiger partial charge in [-0.25, -0.2) is 4.98 Å². The molecule has 0 amide bonds. The van der Waals surface area contributed by atoms with Gasteiger partial charge in [0.1, 0.15) is 4.83 Å². The van der Waals surface area contributed by atoms with Crippen LogP contribution in [0.3, 0.4) is 0 Å². The zero-order chi connectivity index (χ0) is 22.8. The summed E-state index contributed by atoms with van der Waals surface area (Å²) in [6, 6.07) is 6.77. The Morgan fingerprint density at radius 2 is 1.94 bits per heavy atom. The summed E-state index contributed by atoms with van der Waals surface area (Å²) in [4.78, 5) is 21.5. The van der Waals surface area contributed by atoms with Gasteiger partial charge in [0.25, 0.3) is 5.56 Å². The molecule has 32 heavy (non-hydrogen) atoms. The Morgan fingerprint density at radius 3 is 2.53 bits per heavy atom. The lowest BCUT2D eigenvalue weighted by Crippen LogP contribution is -2.10. The van der Waals surface area contributed by atoms with Gasteiger partial charge in [0, 0.05) is 15.8 Å². The summed E-state index contributed by atoms with van der Waals surface area (Å²) in [5.74, 6) is 0.0211. The lowest BCUT2D eigenvalue weighted by molar-refractivity contribution is -0.0526. The van der Waals surface area contributed by atoms with Crippen molar-refractivity contribution in [3.05, 3.63) is 56.8 Å². The molecule has 0 saturated heterocycles. The minimum atomic E-state index is -3.05. The van der Waals surface area contributed by atoms with Crippen LogP contribution < -0.4 is 19.8 Å². The van der Waals surface area contributed by atoms with Gasteiger partial charge in [-0.15, -0.1) is 22.7 Å². The molecule has 1 aromatic carbocycles. The number of aromatic amines is 1. The van der Waals surface area contributed by atoms with Crippen molar-refractivity contribution in [1.29, 1.82) is 0 Å². The zero-order valence-corrected chi connectivity index (χ0v) is 19.0. The molecule has 0 bridgehead atoms. The average molecular weight is 497 g/mol. The van der Waals surface area contributed by atoms with Crippen LogP contribution in [0.15, 0.2) is 39.8 Å². The predicted octanol–water partition coefficient (Wildman–Crippen LogP) is 6.07. The fourth-order valence-electron chi connectivity index (χ4n) is 3.08. The van der Waals surface area contributed by atoms with Crippen LogP contribution in [0.4, 0.5) is 8.78 Å². The maximum Gasteiger partial charge on any atom is 0.387 e. The molecule has 0 aliphatic rings. The second-order valence-corrected chi connectivity index (χ2v) is 8.56. The first-order valence-corrected chi connectivity index (χ1v) is 11.2. The SMILES string of the molecule is COc1cc(/C=C(\Cl)c2nc3scc(-c4cccs4)c3c(=O)[nH]2)cc(OC)c1OC(F)F. The van der Waals surface area contributed by atoms with Crippen LogP contribution in [0, 0.1) is 0 Å². The summed E-state index contributed by atoms with van der Waals surface area (Å²) < 4.78 is 40.3. The van der Waals surface area contributed by atoms with Crippen LogP contribution in [0.25, 0.3) is 31.8 Å². The number of alkyl halides is 2. The molecule has 0 spiro atoms. The van der Waals surface area contributed by atoms with Crippen LogP contribution in [0.5, 0.6) is 17.2 Å². The molecule has 1 N–H and O–H groups in total. The first kappa shape index (κ1) is 22.3. The van der Waals surface area contributed by atoms with E-state index in [0.717, 1.165) is 10.4 Å². The van der Waals surface area contributed by atoms with Crippen molar-refractivity contribution in [2.24, 2.45) is 0 Å². The van der Waals surface area contributed by atoms with Crippen molar-refractivity contribution in [2.45, 2.75) is 6.61 Å². The molecule has 0 fully saturated rings. The topological polar surface area (TPSA) is 73.4 Å². The van der Waals surface area contributed by atoms with Gasteiger partial charge in [0.05, 0.1) is 24.6 Å². The van der Waals surface area contributed by atoms with E-state index in [-0.39, 0.29) is 33.7 Å². The second-order valence-electron chi connectivity index (χ2n) is 6.35. The molecule has 0 atom stereocenters. The van der Waals surface area contributed by atoms with Crippen molar-refractivity contribution < 1.29 is 23.0 Å². The number of nitrogens with one attached hydrogen (secondary N) is 1. The molecule has 4 aromatic rings. The highest BCUT2D eigenvalue weighted by atomic mass is 35.5. The first-order chi connectivity index (χ1) is 15.4. The summed E-state index contributed by atoms with van der Waals surface area (Å²) in [5.41, 5.74) is 0.986. The molecular weight excluding hydrogens is 482 g/mol. The number of thiophene rings is 2. The maximum atomic E-state index is 12.8. The number of ether oxygens (including phenoxy) is 3. The Labute approximate surface area is 193 Å². The van der Waals surface area contributed by atoms with Crippen molar-refractivity contribution in [3.63, 3.8) is 0 Å². The van der Waals surface area contributed by atoms with Crippen LogP contribution in [-0.4, -0.2) is 30.8 Å². The lowest BCUT2D eigenvalue weighted by atomic mass is 10.1. The maximum absolute atomic E-state index is 12.8. The van der Waals surface area contributed by atoms with E-state index in [0.29, 0.717) is 15.8 Å². The Kier molecular flexibility index (Phi) is 6.45. The molecule has 11 heteroatoms. The number of rotatable bonds is 7. The Balaban J connectivity index is 1.75. The summed E-state index contributed by atoms with van der Waals surface area (Å²) in [7, 11) is 2.63. The Bertz CT molecular complexity index is 1320. The van der Waals surface area contributed by atoms with Gasteiger partial charge in [-0.3, -0.25) is 4.79 Å². The summed E-state index contributed by atoms with van der Waals surface area (Å²) in [5, 5.41) is 4.47. The third kappa shape index (κ3) is 4.34. The number of nitrogens with zero attached hydrogens (tertiary/aromatic N) is 1. The highest BCUT2D eigenvalue weighted by molar-refractivity contribution is 7.18.